The van der Waals surface area contributed by atoms with E-state index in [2.05, 4.69) is 11.1 Å². The van der Waals surface area contributed by atoms with Gasteiger partial charge in [0.25, 0.3) is 0 Å². The number of hydrogen-bond donors (Lipinski definition) is 1. The Bertz CT molecular complexity index is 552. The Morgan fingerprint density at radius 3 is 2.58 bits per heavy atom. The maximum Gasteiger partial charge on any atom is 0.124 e. The van der Waals surface area contributed by atoms with Gasteiger partial charge in [0.15, 0.2) is 0 Å². The highest BCUT2D eigenvalue weighted by molar-refractivity contribution is 5.41. The second-order valence-electron chi connectivity index (χ2n) is 4.98. The zero-order valence-electron chi connectivity index (χ0n) is 11.6. The molecule has 0 saturated heterocycles. The molecule has 19 heavy (non-hydrogen) atoms. The zero-order chi connectivity index (χ0) is 13.8. The highest BCUT2D eigenvalue weighted by Crippen LogP contribution is 2.28. The topological polar surface area (TPSA) is 48.1 Å². The summed E-state index contributed by atoms with van der Waals surface area (Å²) in [4.78, 5) is 4.20. The van der Waals surface area contributed by atoms with Crippen LogP contribution in [0.1, 0.15) is 36.6 Å². The molecule has 0 radical (unpaired) electrons. The highest BCUT2D eigenvalue weighted by atomic mass is 16.5. The fraction of sp³-hybridized carbons (Fsp3) is 0.312. The number of hydrogen-bond acceptors (Lipinski definition) is 3. The van der Waals surface area contributed by atoms with E-state index in [9.17, 15) is 0 Å². The van der Waals surface area contributed by atoms with Crippen molar-refractivity contribution in [3.63, 3.8) is 0 Å². The van der Waals surface area contributed by atoms with Crippen LogP contribution in [0.3, 0.4) is 0 Å². The first-order chi connectivity index (χ1) is 9.08. The predicted molar refractivity (Wildman–Crippen MR) is 77.2 cm³/mol. The number of rotatable bonds is 4. The smallest absolute Gasteiger partial charge is 0.124 e. The molecule has 100 valence electrons. The molecule has 0 amide bonds. The summed E-state index contributed by atoms with van der Waals surface area (Å²) in [6, 6.07) is 9.74. The van der Waals surface area contributed by atoms with E-state index in [1.165, 1.54) is 0 Å². The minimum Gasteiger partial charge on any atom is -0.491 e. The van der Waals surface area contributed by atoms with Gasteiger partial charge in [0.05, 0.1) is 12.1 Å². The molecule has 1 aromatic carbocycles. The van der Waals surface area contributed by atoms with Gasteiger partial charge in [0.1, 0.15) is 5.75 Å². The van der Waals surface area contributed by atoms with E-state index >= 15 is 0 Å². The van der Waals surface area contributed by atoms with Crippen molar-refractivity contribution >= 4 is 0 Å². The molecule has 1 unspecified atom stereocenters. The summed E-state index contributed by atoms with van der Waals surface area (Å²) < 4.78 is 5.82. The van der Waals surface area contributed by atoms with Crippen LogP contribution in [0.2, 0.25) is 0 Å². The van der Waals surface area contributed by atoms with Crippen LogP contribution in [0, 0.1) is 6.92 Å². The van der Waals surface area contributed by atoms with E-state index in [1.807, 2.05) is 57.4 Å². The lowest BCUT2D eigenvalue weighted by Gasteiger charge is -2.19. The Kier molecular flexibility index (Phi) is 4.17. The van der Waals surface area contributed by atoms with Gasteiger partial charge in [-0.15, -0.1) is 0 Å². The summed E-state index contributed by atoms with van der Waals surface area (Å²) in [5.41, 5.74) is 9.44. The molecule has 0 bridgehead atoms. The predicted octanol–water partition coefficient (Wildman–Crippen LogP) is 3.23. The summed E-state index contributed by atoms with van der Waals surface area (Å²) >= 11 is 0. The molecule has 3 nitrogen and oxygen atoms in total. The molecule has 0 aliphatic carbocycles. The van der Waals surface area contributed by atoms with Crippen molar-refractivity contribution in [3.05, 3.63) is 59.4 Å². The van der Waals surface area contributed by atoms with Crippen LogP contribution in [0.5, 0.6) is 5.75 Å². The Labute approximate surface area is 114 Å². The molecular formula is C16H20N2O. The molecule has 0 aliphatic rings. The fourth-order valence-corrected chi connectivity index (χ4v) is 2.03. The third-order valence-electron chi connectivity index (χ3n) is 2.87. The molecule has 0 aliphatic heterocycles. The number of aromatic nitrogens is 1. The lowest BCUT2D eigenvalue weighted by Crippen LogP contribution is -2.15. The Morgan fingerprint density at radius 1 is 1.16 bits per heavy atom. The lowest BCUT2D eigenvalue weighted by atomic mass is 9.99. The summed E-state index contributed by atoms with van der Waals surface area (Å²) in [5, 5.41) is 0. The largest absolute Gasteiger partial charge is 0.491 e. The Morgan fingerprint density at radius 2 is 1.89 bits per heavy atom. The molecule has 1 aromatic heterocycles. The Balaban J connectivity index is 2.35. The second-order valence-corrected chi connectivity index (χ2v) is 4.98. The van der Waals surface area contributed by atoms with Gasteiger partial charge in [-0.1, -0.05) is 24.3 Å². The van der Waals surface area contributed by atoms with Crippen molar-refractivity contribution in [2.75, 3.05) is 0 Å². The van der Waals surface area contributed by atoms with Gasteiger partial charge in [0.2, 0.25) is 0 Å². The van der Waals surface area contributed by atoms with Crippen LogP contribution in [0.25, 0.3) is 0 Å². The average Bonchev–Trinajstić information content (AvgIpc) is 2.38. The minimum atomic E-state index is -0.220. The zero-order valence-corrected chi connectivity index (χ0v) is 11.6. The van der Waals surface area contributed by atoms with Crippen LogP contribution >= 0.6 is 0 Å². The summed E-state index contributed by atoms with van der Waals surface area (Å²) in [7, 11) is 0. The van der Waals surface area contributed by atoms with Crippen molar-refractivity contribution in [3.8, 4) is 5.75 Å². The number of para-hydroxylation sites is 1. The number of ether oxygens (including phenoxy) is 1. The third-order valence-corrected chi connectivity index (χ3v) is 2.87. The normalized spacial score (nSPS) is 12.5. The Hall–Kier alpha value is -1.87. The summed E-state index contributed by atoms with van der Waals surface area (Å²) in [6.45, 7) is 6.03. The second kappa shape index (κ2) is 5.85. The van der Waals surface area contributed by atoms with Gasteiger partial charge >= 0.3 is 0 Å². The molecule has 1 heterocycles. The number of benzene rings is 1. The quantitative estimate of drug-likeness (QED) is 0.913. The first-order valence-corrected chi connectivity index (χ1v) is 6.50. The van der Waals surface area contributed by atoms with Gasteiger partial charge < -0.3 is 10.5 Å². The molecule has 0 saturated carbocycles. The van der Waals surface area contributed by atoms with E-state index < -0.39 is 0 Å². The average molecular weight is 256 g/mol. The van der Waals surface area contributed by atoms with Gasteiger partial charge in [0, 0.05) is 18.0 Å². The molecule has 0 fully saturated rings. The maximum absolute atomic E-state index is 6.34. The van der Waals surface area contributed by atoms with Gasteiger partial charge in [-0.2, -0.15) is 0 Å². The van der Waals surface area contributed by atoms with Crippen molar-refractivity contribution in [1.82, 2.24) is 4.98 Å². The van der Waals surface area contributed by atoms with Crippen LogP contribution in [-0.4, -0.2) is 11.1 Å². The lowest BCUT2D eigenvalue weighted by molar-refractivity contribution is 0.239. The molecule has 1 atom stereocenters. The summed E-state index contributed by atoms with van der Waals surface area (Å²) in [5.74, 6) is 0.839. The van der Waals surface area contributed by atoms with E-state index in [0.717, 1.165) is 22.4 Å². The minimum absolute atomic E-state index is 0.129. The first kappa shape index (κ1) is 13.6. The van der Waals surface area contributed by atoms with Gasteiger partial charge in [-0.3, -0.25) is 4.98 Å². The molecule has 2 aromatic rings. The number of pyridine rings is 1. The van der Waals surface area contributed by atoms with E-state index in [1.54, 1.807) is 0 Å². The van der Waals surface area contributed by atoms with Crippen LogP contribution in [0.15, 0.2) is 42.7 Å². The van der Waals surface area contributed by atoms with E-state index in [0.29, 0.717) is 0 Å². The first-order valence-electron chi connectivity index (χ1n) is 6.50. The standard InChI is InChI=1S/C16H20N2O/c1-11(2)19-15-7-5-4-6-14(15)16(17)13-8-12(3)9-18-10-13/h4-11,16H,17H2,1-3H3. The molecule has 3 heteroatoms. The number of nitrogens with zero attached hydrogens (tertiary/aromatic N) is 1. The third kappa shape index (κ3) is 3.32. The maximum atomic E-state index is 6.34. The number of nitrogens with two attached hydrogens (primary N) is 1. The van der Waals surface area contributed by atoms with Crippen LogP contribution in [0.4, 0.5) is 0 Å². The molecule has 2 rings (SSSR count). The van der Waals surface area contributed by atoms with Crippen molar-refractivity contribution in [1.29, 1.82) is 0 Å². The van der Waals surface area contributed by atoms with Crippen molar-refractivity contribution < 1.29 is 4.74 Å². The molecule has 2 N–H and O–H groups in total. The van der Waals surface area contributed by atoms with Crippen molar-refractivity contribution in [2.45, 2.75) is 32.9 Å². The molecule has 0 spiro atoms. The number of aryl methyl sites for hydroxylation is 1. The molecular weight excluding hydrogens is 236 g/mol. The van der Waals surface area contributed by atoms with Crippen LogP contribution < -0.4 is 10.5 Å². The fourth-order valence-electron chi connectivity index (χ4n) is 2.03. The van der Waals surface area contributed by atoms with Gasteiger partial charge in [-0.25, -0.2) is 0 Å². The van der Waals surface area contributed by atoms with E-state index in [-0.39, 0.29) is 12.1 Å². The van der Waals surface area contributed by atoms with Gasteiger partial charge in [-0.05, 0) is 38.0 Å². The SMILES string of the molecule is Cc1cncc(C(N)c2ccccc2OC(C)C)c1. The van der Waals surface area contributed by atoms with Crippen molar-refractivity contribution in [2.24, 2.45) is 5.73 Å². The monoisotopic (exact) mass is 256 g/mol. The van der Waals surface area contributed by atoms with Crippen LogP contribution in [-0.2, 0) is 0 Å². The highest BCUT2D eigenvalue weighted by Gasteiger charge is 2.15. The summed E-state index contributed by atoms with van der Waals surface area (Å²) in [6.07, 6.45) is 3.76. The van der Waals surface area contributed by atoms with E-state index in [4.69, 9.17) is 10.5 Å².